The van der Waals surface area contributed by atoms with E-state index in [9.17, 15) is 9.59 Å². The lowest BCUT2D eigenvalue weighted by atomic mass is 10.1. The summed E-state index contributed by atoms with van der Waals surface area (Å²) in [6, 6.07) is 13.0. The zero-order valence-electron chi connectivity index (χ0n) is 20.2. The number of hydrogen-bond acceptors (Lipinski definition) is 7. The van der Waals surface area contributed by atoms with Crippen LogP contribution in [0.4, 0.5) is 5.13 Å². The van der Waals surface area contributed by atoms with Crippen molar-refractivity contribution in [1.82, 2.24) is 10.3 Å². The minimum Gasteiger partial charge on any atom is -0.497 e. The van der Waals surface area contributed by atoms with Crippen LogP contribution < -0.4 is 19.7 Å². The standard InChI is InChI=1S/C26H31N3O5S/c1-4-5-14-29(16-18-6-8-19(9-7-18)25(32)27-13-12-24(30)31)26-28-22(17-35-26)21-15-20(33-2)10-11-23(21)34-3/h6-11,15,17H,4-5,12-14,16H2,1-3H3,(H,27,32)(H,30,31). The van der Waals surface area contributed by atoms with Crippen molar-refractivity contribution in [2.45, 2.75) is 32.7 Å². The highest BCUT2D eigenvalue weighted by atomic mass is 32.1. The van der Waals surface area contributed by atoms with Crippen molar-refractivity contribution < 1.29 is 24.2 Å². The van der Waals surface area contributed by atoms with E-state index in [4.69, 9.17) is 19.6 Å². The number of aromatic nitrogens is 1. The fourth-order valence-electron chi connectivity index (χ4n) is 3.51. The Bertz CT molecular complexity index is 1130. The third kappa shape index (κ3) is 7.19. The summed E-state index contributed by atoms with van der Waals surface area (Å²) in [7, 11) is 3.28. The summed E-state index contributed by atoms with van der Waals surface area (Å²) in [5.74, 6) is 0.255. The Morgan fingerprint density at radius 2 is 1.89 bits per heavy atom. The van der Waals surface area contributed by atoms with Gasteiger partial charge >= 0.3 is 5.97 Å². The average Bonchev–Trinajstić information content (AvgIpc) is 3.36. The zero-order chi connectivity index (χ0) is 25.2. The Morgan fingerprint density at radius 3 is 2.54 bits per heavy atom. The second kappa shape index (κ2) is 12.8. The second-order valence-corrected chi connectivity index (χ2v) is 8.79. The molecule has 186 valence electrons. The SMILES string of the molecule is CCCCN(Cc1ccc(C(=O)NCCC(=O)O)cc1)c1nc(-c2cc(OC)ccc2OC)cs1. The van der Waals surface area contributed by atoms with E-state index in [2.05, 4.69) is 17.1 Å². The van der Waals surface area contributed by atoms with Gasteiger partial charge in [0.05, 0.1) is 26.3 Å². The van der Waals surface area contributed by atoms with Crippen LogP contribution in [-0.2, 0) is 11.3 Å². The third-order valence-electron chi connectivity index (χ3n) is 5.44. The highest BCUT2D eigenvalue weighted by Gasteiger charge is 2.16. The molecule has 0 atom stereocenters. The summed E-state index contributed by atoms with van der Waals surface area (Å²) in [6.07, 6.45) is 1.99. The molecule has 9 heteroatoms. The summed E-state index contributed by atoms with van der Waals surface area (Å²) >= 11 is 1.58. The number of nitrogens with zero attached hydrogens (tertiary/aromatic N) is 2. The van der Waals surface area contributed by atoms with Gasteiger partial charge in [-0.05, 0) is 42.3 Å². The quantitative estimate of drug-likeness (QED) is 0.348. The fourth-order valence-corrected chi connectivity index (χ4v) is 4.36. The number of carbonyl (C=O) groups is 2. The van der Waals surface area contributed by atoms with Gasteiger partial charge in [-0.2, -0.15) is 0 Å². The van der Waals surface area contributed by atoms with Crippen molar-refractivity contribution >= 4 is 28.3 Å². The van der Waals surface area contributed by atoms with Gasteiger partial charge in [0, 0.05) is 36.1 Å². The van der Waals surface area contributed by atoms with Gasteiger partial charge < -0.3 is 24.8 Å². The lowest BCUT2D eigenvalue weighted by molar-refractivity contribution is -0.136. The molecule has 0 radical (unpaired) electrons. The van der Waals surface area contributed by atoms with E-state index in [0.29, 0.717) is 12.1 Å². The number of amides is 1. The number of carboxylic acids is 1. The summed E-state index contributed by atoms with van der Waals surface area (Å²) in [4.78, 5) is 30.0. The van der Waals surface area contributed by atoms with Crippen LogP contribution in [0.3, 0.4) is 0 Å². The number of nitrogens with one attached hydrogen (secondary N) is 1. The first-order chi connectivity index (χ1) is 16.9. The first-order valence-corrected chi connectivity index (χ1v) is 12.3. The Balaban J connectivity index is 1.75. The first-order valence-electron chi connectivity index (χ1n) is 11.5. The Kier molecular flexibility index (Phi) is 9.48. The molecule has 2 N–H and O–H groups in total. The zero-order valence-corrected chi connectivity index (χ0v) is 21.1. The minimum absolute atomic E-state index is 0.102. The lowest BCUT2D eigenvalue weighted by Crippen LogP contribution is -2.26. The molecule has 1 heterocycles. The van der Waals surface area contributed by atoms with Crippen LogP contribution in [0.2, 0.25) is 0 Å². The maximum Gasteiger partial charge on any atom is 0.305 e. The maximum absolute atomic E-state index is 12.2. The van der Waals surface area contributed by atoms with Gasteiger partial charge in [-0.3, -0.25) is 9.59 Å². The Morgan fingerprint density at radius 1 is 1.11 bits per heavy atom. The monoisotopic (exact) mass is 497 g/mol. The summed E-state index contributed by atoms with van der Waals surface area (Å²) in [6.45, 7) is 3.77. The van der Waals surface area contributed by atoms with Crippen LogP contribution in [0.15, 0.2) is 47.8 Å². The van der Waals surface area contributed by atoms with Crippen LogP contribution in [0.25, 0.3) is 11.3 Å². The van der Waals surface area contributed by atoms with Crippen LogP contribution in [0.1, 0.15) is 42.1 Å². The number of aliphatic carboxylic acids is 1. The molecule has 0 saturated carbocycles. The summed E-state index contributed by atoms with van der Waals surface area (Å²) < 4.78 is 10.9. The predicted molar refractivity (Wildman–Crippen MR) is 138 cm³/mol. The molecule has 0 aliphatic carbocycles. The molecule has 1 amide bonds. The largest absolute Gasteiger partial charge is 0.497 e. The number of carbonyl (C=O) groups excluding carboxylic acids is 1. The topological polar surface area (TPSA) is 101 Å². The number of anilines is 1. The molecule has 0 aliphatic rings. The molecular weight excluding hydrogens is 466 g/mol. The molecule has 1 aromatic heterocycles. The van der Waals surface area contributed by atoms with Crippen molar-refractivity contribution in [3.05, 3.63) is 59.0 Å². The van der Waals surface area contributed by atoms with Gasteiger partial charge in [0.15, 0.2) is 5.13 Å². The molecule has 2 aromatic carbocycles. The van der Waals surface area contributed by atoms with Crippen LogP contribution in [-0.4, -0.2) is 49.3 Å². The second-order valence-electron chi connectivity index (χ2n) is 7.95. The normalized spacial score (nSPS) is 10.6. The molecular formula is C26H31N3O5S. The number of ether oxygens (including phenoxy) is 2. The van der Waals surface area contributed by atoms with E-state index in [1.807, 2.05) is 35.7 Å². The summed E-state index contributed by atoms with van der Waals surface area (Å²) in [5, 5.41) is 14.3. The van der Waals surface area contributed by atoms with Crippen LogP contribution in [0.5, 0.6) is 11.5 Å². The van der Waals surface area contributed by atoms with Gasteiger partial charge in [-0.15, -0.1) is 11.3 Å². The van der Waals surface area contributed by atoms with Crippen molar-refractivity contribution in [3.8, 4) is 22.8 Å². The third-order valence-corrected chi connectivity index (χ3v) is 6.34. The average molecular weight is 498 g/mol. The van der Waals surface area contributed by atoms with Crippen LogP contribution in [0, 0.1) is 0 Å². The van der Waals surface area contributed by atoms with E-state index in [1.54, 1.807) is 37.7 Å². The van der Waals surface area contributed by atoms with Gasteiger partial charge in [-0.1, -0.05) is 25.5 Å². The molecule has 35 heavy (non-hydrogen) atoms. The number of methoxy groups -OCH3 is 2. The minimum atomic E-state index is -0.942. The fraction of sp³-hybridized carbons (Fsp3) is 0.346. The first kappa shape index (κ1) is 26.0. The maximum atomic E-state index is 12.2. The highest BCUT2D eigenvalue weighted by Crippen LogP contribution is 2.36. The number of carboxylic acid groups (broad SMARTS) is 1. The Labute approximate surface area is 209 Å². The van der Waals surface area contributed by atoms with E-state index in [1.165, 1.54) is 0 Å². The van der Waals surface area contributed by atoms with Crippen molar-refractivity contribution in [1.29, 1.82) is 0 Å². The number of unbranched alkanes of at least 4 members (excludes halogenated alkanes) is 1. The van der Waals surface area contributed by atoms with E-state index in [-0.39, 0.29) is 18.9 Å². The highest BCUT2D eigenvalue weighted by molar-refractivity contribution is 7.14. The molecule has 0 saturated heterocycles. The number of hydrogen-bond donors (Lipinski definition) is 2. The van der Waals surface area contributed by atoms with Gasteiger partial charge in [0.25, 0.3) is 5.91 Å². The molecule has 0 fully saturated rings. The Hall–Kier alpha value is -3.59. The number of rotatable bonds is 13. The van der Waals surface area contributed by atoms with E-state index < -0.39 is 5.97 Å². The molecule has 0 aliphatic heterocycles. The molecule has 0 spiro atoms. The molecule has 0 unspecified atom stereocenters. The van der Waals surface area contributed by atoms with Crippen molar-refractivity contribution in [2.24, 2.45) is 0 Å². The molecule has 0 bridgehead atoms. The molecule has 3 aromatic rings. The number of benzene rings is 2. The van der Waals surface area contributed by atoms with Gasteiger partial charge in [0.2, 0.25) is 0 Å². The number of thiazole rings is 1. The van der Waals surface area contributed by atoms with Gasteiger partial charge in [-0.25, -0.2) is 4.98 Å². The molecule has 8 nitrogen and oxygen atoms in total. The van der Waals surface area contributed by atoms with E-state index >= 15 is 0 Å². The molecule has 3 rings (SSSR count). The van der Waals surface area contributed by atoms with Crippen molar-refractivity contribution in [2.75, 3.05) is 32.2 Å². The predicted octanol–water partition coefficient (Wildman–Crippen LogP) is 4.84. The van der Waals surface area contributed by atoms with E-state index in [0.717, 1.165) is 52.8 Å². The van der Waals surface area contributed by atoms with Crippen molar-refractivity contribution in [3.63, 3.8) is 0 Å². The van der Waals surface area contributed by atoms with Gasteiger partial charge in [0.1, 0.15) is 11.5 Å². The lowest BCUT2D eigenvalue weighted by Gasteiger charge is -2.22. The smallest absolute Gasteiger partial charge is 0.305 e. The summed E-state index contributed by atoms with van der Waals surface area (Å²) in [5.41, 5.74) is 3.26. The van der Waals surface area contributed by atoms with Crippen LogP contribution >= 0.6 is 11.3 Å².